The Morgan fingerprint density at radius 3 is 2.69 bits per heavy atom. The normalized spacial score (nSPS) is 23.6. The van der Waals surface area contributed by atoms with Gasteiger partial charge in [-0.1, -0.05) is 19.8 Å². The van der Waals surface area contributed by atoms with Crippen LogP contribution in [-0.2, 0) is 4.74 Å². The molecule has 0 aromatic carbocycles. The first kappa shape index (κ1) is 18.8. The van der Waals surface area contributed by atoms with Crippen LogP contribution in [0.15, 0.2) is 18.3 Å². The van der Waals surface area contributed by atoms with Gasteiger partial charge in [0, 0.05) is 30.8 Å². The fraction of sp³-hybridized carbons (Fsp3) is 0.650. The van der Waals surface area contributed by atoms with Crippen LogP contribution in [0, 0.1) is 5.41 Å². The lowest BCUT2D eigenvalue weighted by atomic mass is 9.59. The Morgan fingerprint density at radius 1 is 1.35 bits per heavy atom. The quantitative estimate of drug-likeness (QED) is 0.806. The molecule has 26 heavy (non-hydrogen) atoms. The number of rotatable bonds is 7. The van der Waals surface area contributed by atoms with Crippen molar-refractivity contribution in [2.24, 2.45) is 5.41 Å². The number of carboxylic acids is 1. The Balaban J connectivity index is 1.86. The minimum absolute atomic E-state index is 0.0608. The highest BCUT2D eigenvalue weighted by Gasteiger charge is 2.59. The average molecular weight is 360 g/mol. The van der Waals surface area contributed by atoms with Crippen molar-refractivity contribution in [2.45, 2.75) is 64.5 Å². The number of ether oxygens (including phenoxy) is 1. The SMILES string of the molecule is CCCN(C(=O)c1cc(C(=O)O)ccn1)C1CC(OCC)C12CCCC2. The van der Waals surface area contributed by atoms with Gasteiger partial charge in [0.15, 0.2) is 0 Å². The van der Waals surface area contributed by atoms with Crippen molar-refractivity contribution >= 4 is 11.9 Å². The fourth-order valence-corrected chi connectivity index (χ4v) is 4.76. The van der Waals surface area contributed by atoms with Gasteiger partial charge < -0.3 is 14.7 Å². The summed E-state index contributed by atoms with van der Waals surface area (Å²) in [7, 11) is 0. The van der Waals surface area contributed by atoms with Crippen molar-refractivity contribution in [3.63, 3.8) is 0 Å². The van der Waals surface area contributed by atoms with E-state index in [9.17, 15) is 14.7 Å². The van der Waals surface area contributed by atoms with E-state index in [0.717, 1.165) is 25.7 Å². The third-order valence-corrected chi connectivity index (χ3v) is 5.97. The molecule has 2 aliphatic rings. The zero-order valence-corrected chi connectivity index (χ0v) is 15.6. The van der Waals surface area contributed by atoms with E-state index in [1.165, 1.54) is 31.2 Å². The Hall–Kier alpha value is -1.95. The Kier molecular flexibility index (Phi) is 5.61. The van der Waals surface area contributed by atoms with Crippen LogP contribution in [0.2, 0.25) is 0 Å². The first-order valence-corrected chi connectivity index (χ1v) is 9.65. The van der Waals surface area contributed by atoms with Gasteiger partial charge in [0.2, 0.25) is 0 Å². The number of hydrogen-bond acceptors (Lipinski definition) is 4. The molecule has 0 aliphatic heterocycles. The maximum Gasteiger partial charge on any atom is 0.335 e. The van der Waals surface area contributed by atoms with Gasteiger partial charge in [-0.15, -0.1) is 0 Å². The zero-order valence-electron chi connectivity index (χ0n) is 15.6. The summed E-state index contributed by atoms with van der Waals surface area (Å²) < 4.78 is 5.98. The van der Waals surface area contributed by atoms with Gasteiger partial charge in [0.1, 0.15) is 5.69 Å². The highest BCUT2D eigenvalue weighted by molar-refractivity contribution is 5.96. The van der Waals surface area contributed by atoms with Crippen LogP contribution in [0.3, 0.4) is 0 Å². The summed E-state index contributed by atoms with van der Waals surface area (Å²) in [4.78, 5) is 30.5. The van der Waals surface area contributed by atoms with Gasteiger partial charge in [-0.25, -0.2) is 4.79 Å². The summed E-state index contributed by atoms with van der Waals surface area (Å²) in [6.45, 7) is 5.43. The van der Waals surface area contributed by atoms with Gasteiger partial charge in [-0.05, 0) is 44.7 Å². The Labute approximate surface area is 154 Å². The lowest BCUT2D eigenvalue weighted by Gasteiger charge is -2.57. The van der Waals surface area contributed by atoms with Crippen LogP contribution in [-0.4, -0.2) is 52.2 Å². The van der Waals surface area contributed by atoms with Crippen molar-refractivity contribution in [3.8, 4) is 0 Å². The topological polar surface area (TPSA) is 79.7 Å². The second-order valence-electron chi connectivity index (χ2n) is 7.37. The number of hydrogen-bond donors (Lipinski definition) is 1. The maximum atomic E-state index is 13.2. The molecular weight excluding hydrogens is 332 g/mol. The average Bonchev–Trinajstić information content (AvgIpc) is 3.16. The van der Waals surface area contributed by atoms with Crippen molar-refractivity contribution in [1.82, 2.24) is 9.88 Å². The van der Waals surface area contributed by atoms with Gasteiger partial charge >= 0.3 is 5.97 Å². The van der Waals surface area contributed by atoms with Crippen molar-refractivity contribution < 1.29 is 19.4 Å². The fourth-order valence-electron chi connectivity index (χ4n) is 4.76. The van der Waals surface area contributed by atoms with E-state index in [2.05, 4.69) is 11.9 Å². The summed E-state index contributed by atoms with van der Waals surface area (Å²) in [5.74, 6) is -1.21. The Morgan fingerprint density at radius 2 is 2.08 bits per heavy atom. The van der Waals surface area contributed by atoms with Crippen LogP contribution in [0.1, 0.15) is 73.2 Å². The molecule has 0 bridgehead atoms. The molecule has 2 aliphatic carbocycles. The van der Waals surface area contributed by atoms with Crippen molar-refractivity contribution in [2.75, 3.05) is 13.2 Å². The molecule has 6 nitrogen and oxygen atoms in total. The van der Waals surface area contributed by atoms with E-state index in [1.54, 1.807) is 0 Å². The van der Waals surface area contributed by atoms with Crippen LogP contribution in [0.4, 0.5) is 0 Å². The van der Waals surface area contributed by atoms with E-state index < -0.39 is 5.97 Å². The smallest absolute Gasteiger partial charge is 0.335 e. The Bertz CT molecular complexity index is 670. The molecule has 0 radical (unpaired) electrons. The second-order valence-corrected chi connectivity index (χ2v) is 7.37. The first-order valence-electron chi connectivity index (χ1n) is 9.65. The molecule has 2 atom stereocenters. The van der Waals surface area contributed by atoms with E-state index in [1.807, 2.05) is 11.8 Å². The molecule has 1 heterocycles. The zero-order chi connectivity index (χ0) is 18.7. The van der Waals surface area contributed by atoms with Crippen molar-refractivity contribution in [3.05, 3.63) is 29.6 Å². The number of pyridine rings is 1. The van der Waals surface area contributed by atoms with E-state index in [0.29, 0.717) is 13.2 Å². The molecule has 2 unspecified atom stereocenters. The highest BCUT2D eigenvalue weighted by atomic mass is 16.5. The molecule has 1 N–H and O–H groups in total. The van der Waals surface area contributed by atoms with Crippen LogP contribution >= 0.6 is 0 Å². The van der Waals surface area contributed by atoms with E-state index in [4.69, 9.17) is 4.74 Å². The number of carboxylic acid groups (broad SMARTS) is 1. The molecule has 142 valence electrons. The highest BCUT2D eigenvalue weighted by Crippen LogP contribution is 2.56. The summed E-state index contributed by atoms with van der Waals surface area (Å²) in [6.07, 6.45) is 7.90. The van der Waals surface area contributed by atoms with Crippen LogP contribution in [0.25, 0.3) is 0 Å². The third kappa shape index (κ3) is 3.22. The number of carbonyl (C=O) groups excluding carboxylic acids is 1. The summed E-state index contributed by atoms with van der Waals surface area (Å²) in [5, 5.41) is 9.19. The summed E-state index contributed by atoms with van der Waals surface area (Å²) >= 11 is 0. The van der Waals surface area contributed by atoms with E-state index in [-0.39, 0.29) is 34.7 Å². The van der Waals surface area contributed by atoms with Crippen LogP contribution < -0.4 is 0 Å². The van der Waals surface area contributed by atoms with E-state index >= 15 is 0 Å². The molecule has 0 saturated heterocycles. The predicted octanol–water partition coefficient (Wildman–Crippen LogP) is 3.37. The molecule has 2 saturated carbocycles. The number of aromatic carboxylic acids is 1. The predicted molar refractivity (Wildman–Crippen MR) is 97.2 cm³/mol. The third-order valence-electron chi connectivity index (χ3n) is 5.97. The largest absolute Gasteiger partial charge is 0.478 e. The summed E-state index contributed by atoms with van der Waals surface area (Å²) in [6, 6.07) is 2.95. The lowest BCUT2D eigenvalue weighted by Crippen LogP contribution is -2.65. The monoisotopic (exact) mass is 360 g/mol. The van der Waals surface area contributed by atoms with Gasteiger partial charge in [-0.3, -0.25) is 9.78 Å². The number of nitrogens with zero attached hydrogens (tertiary/aromatic N) is 2. The van der Waals surface area contributed by atoms with Crippen molar-refractivity contribution in [1.29, 1.82) is 0 Å². The number of carbonyl (C=O) groups is 2. The molecule has 1 spiro atoms. The molecular formula is C20H28N2O4. The molecule has 2 fully saturated rings. The molecule has 1 aromatic heterocycles. The maximum absolute atomic E-state index is 13.2. The standard InChI is InChI=1S/C20H28N2O4/c1-3-11-22(18(23)15-12-14(19(24)25)7-10-21-15)16-13-17(26-4-2)20(16)8-5-6-9-20/h7,10,12,16-17H,3-6,8-9,11,13H2,1-2H3,(H,24,25). The van der Waals surface area contributed by atoms with Gasteiger partial charge in [-0.2, -0.15) is 0 Å². The molecule has 1 amide bonds. The minimum Gasteiger partial charge on any atom is -0.478 e. The lowest BCUT2D eigenvalue weighted by molar-refractivity contribution is -0.156. The van der Waals surface area contributed by atoms with Crippen LogP contribution in [0.5, 0.6) is 0 Å². The summed E-state index contributed by atoms with van der Waals surface area (Å²) in [5.41, 5.74) is 0.369. The first-order chi connectivity index (χ1) is 12.5. The molecule has 1 aromatic rings. The minimum atomic E-state index is -1.05. The number of amides is 1. The van der Waals surface area contributed by atoms with Gasteiger partial charge in [0.25, 0.3) is 5.91 Å². The van der Waals surface area contributed by atoms with Gasteiger partial charge in [0.05, 0.1) is 11.7 Å². The number of aromatic nitrogens is 1. The second kappa shape index (κ2) is 7.74. The molecule has 6 heteroatoms. The molecule has 3 rings (SSSR count).